The zero-order chi connectivity index (χ0) is 9.80. The molecule has 1 N–H and O–H groups in total. The predicted molar refractivity (Wildman–Crippen MR) is 58.0 cm³/mol. The summed E-state index contributed by atoms with van der Waals surface area (Å²) in [7, 11) is 0. The van der Waals surface area contributed by atoms with E-state index in [1.165, 1.54) is 12.1 Å². The van der Waals surface area contributed by atoms with Gasteiger partial charge in [-0.1, -0.05) is 23.9 Å². The number of amidine groups is 1. The highest BCUT2D eigenvalue weighted by atomic mass is 32.2. The normalized spacial score (nSPS) is 15.1. The lowest BCUT2D eigenvalue weighted by Crippen LogP contribution is -2.14. The number of hydrogen-bond acceptors (Lipinski definition) is 3. The molecule has 2 rings (SSSR count). The Labute approximate surface area is 86.6 Å². The molecule has 0 aromatic heterocycles. The van der Waals surface area contributed by atoms with Gasteiger partial charge in [0.1, 0.15) is 5.82 Å². The van der Waals surface area contributed by atoms with Gasteiger partial charge in [-0.25, -0.2) is 4.39 Å². The van der Waals surface area contributed by atoms with Crippen LogP contribution >= 0.6 is 11.8 Å². The summed E-state index contributed by atoms with van der Waals surface area (Å²) in [6.45, 7) is 1.80. The molecule has 0 fully saturated rings. The van der Waals surface area contributed by atoms with E-state index in [0.29, 0.717) is 0 Å². The van der Waals surface area contributed by atoms with Crippen molar-refractivity contribution in [2.24, 2.45) is 4.99 Å². The maximum absolute atomic E-state index is 12.6. The first-order chi connectivity index (χ1) is 6.84. The Hall–Kier alpha value is -1.03. The fourth-order valence-electron chi connectivity index (χ4n) is 1.21. The van der Waals surface area contributed by atoms with Gasteiger partial charge in [-0.05, 0) is 17.7 Å². The second kappa shape index (κ2) is 4.46. The minimum Gasteiger partial charge on any atom is -0.363 e. The van der Waals surface area contributed by atoms with Crippen molar-refractivity contribution in [1.82, 2.24) is 5.32 Å². The summed E-state index contributed by atoms with van der Waals surface area (Å²) in [5, 5.41) is 4.17. The van der Waals surface area contributed by atoms with Crippen molar-refractivity contribution in [3.8, 4) is 0 Å². The quantitative estimate of drug-likeness (QED) is 0.807. The van der Waals surface area contributed by atoms with Crippen molar-refractivity contribution in [3.05, 3.63) is 35.6 Å². The van der Waals surface area contributed by atoms with E-state index in [0.717, 1.165) is 29.6 Å². The molecule has 0 aliphatic carbocycles. The van der Waals surface area contributed by atoms with Crippen molar-refractivity contribution in [2.75, 3.05) is 13.1 Å². The zero-order valence-electron chi connectivity index (χ0n) is 7.66. The largest absolute Gasteiger partial charge is 0.363 e. The van der Waals surface area contributed by atoms with Crippen LogP contribution in [0.4, 0.5) is 4.39 Å². The van der Waals surface area contributed by atoms with E-state index in [2.05, 4.69) is 10.3 Å². The number of nitrogens with zero attached hydrogens (tertiary/aromatic N) is 1. The highest BCUT2D eigenvalue weighted by Crippen LogP contribution is 2.14. The molecule has 1 aliphatic heterocycles. The summed E-state index contributed by atoms with van der Waals surface area (Å²) in [5.74, 6) is 0.654. The molecule has 0 spiro atoms. The van der Waals surface area contributed by atoms with Gasteiger partial charge < -0.3 is 5.32 Å². The zero-order valence-corrected chi connectivity index (χ0v) is 8.48. The van der Waals surface area contributed by atoms with Gasteiger partial charge >= 0.3 is 0 Å². The van der Waals surface area contributed by atoms with Crippen molar-refractivity contribution in [3.63, 3.8) is 0 Å². The van der Waals surface area contributed by atoms with E-state index in [9.17, 15) is 4.39 Å². The Kier molecular flexibility index (Phi) is 3.03. The van der Waals surface area contributed by atoms with Crippen LogP contribution < -0.4 is 5.32 Å². The lowest BCUT2D eigenvalue weighted by atomic mass is 10.2. The standard InChI is InChI=1S/C10H11FN2S/c11-9-3-1-8(2-4-9)7-14-10-12-5-6-13-10/h1-4H,5-7H2,(H,12,13). The van der Waals surface area contributed by atoms with Gasteiger partial charge in [0.05, 0.1) is 6.54 Å². The molecular weight excluding hydrogens is 199 g/mol. The number of halogens is 1. The van der Waals surface area contributed by atoms with E-state index >= 15 is 0 Å². The topological polar surface area (TPSA) is 24.4 Å². The summed E-state index contributed by atoms with van der Waals surface area (Å²) >= 11 is 1.66. The van der Waals surface area contributed by atoms with Crippen molar-refractivity contribution in [2.45, 2.75) is 5.75 Å². The van der Waals surface area contributed by atoms with Crippen LogP contribution in [0.2, 0.25) is 0 Å². The monoisotopic (exact) mass is 210 g/mol. The molecule has 1 aromatic carbocycles. The number of nitrogens with one attached hydrogen (secondary N) is 1. The van der Waals surface area contributed by atoms with Crippen LogP contribution in [0.1, 0.15) is 5.56 Å². The van der Waals surface area contributed by atoms with Crippen LogP contribution in [-0.4, -0.2) is 18.3 Å². The van der Waals surface area contributed by atoms with Crippen molar-refractivity contribution < 1.29 is 4.39 Å². The number of benzene rings is 1. The van der Waals surface area contributed by atoms with E-state index < -0.39 is 0 Å². The first kappa shape index (κ1) is 9.52. The molecule has 0 radical (unpaired) electrons. The molecule has 1 aliphatic rings. The van der Waals surface area contributed by atoms with Crippen LogP contribution in [0.15, 0.2) is 29.3 Å². The average molecular weight is 210 g/mol. The van der Waals surface area contributed by atoms with Crippen LogP contribution in [0, 0.1) is 5.82 Å². The predicted octanol–water partition coefficient (Wildman–Crippen LogP) is 2.02. The smallest absolute Gasteiger partial charge is 0.157 e. The van der Waals surface area contributed by atoms with Gasteiger partial charge in [-0.15, -0.1) is 0 Å². The van der Waals surface area contributed by atoms with Gasteiger partial charge in [0.15, 0.2) is 5.17 Å². The Morgan fingerprint density at radius 1 is 1.36 bits per heavy atom. The molecule has 0 atom stereocenters. The number of hydrogen-bond donors (Lipinski definition) is 1. The summed E-state index contributed by atoms with van der Waals surface area (Å²) < 4.78 is 12.6. The Morgan fingerprint density at radius 3 is 2.79 bits per heavy atom. The van der Waals surface area contributed by atoms with E-state index in [1.807, 2.05) is 0 Å². The molecule has 1 heterocycles. The Bertz CT molecular complexity index is 334. The lowest BCUT2D eigenvalue weighted by molar-refractivity contribution is 0.627. The van der Waals surface area contributed by atoms with E-state index in [1.54, 1.807) is 23.9 Å². The molecular formula is C10H11FN2S. The molecule has 0 amide bonds. The highest BCUT2D eigenvalue weighted by Gasteiger charge is 2.05. The molecule has 74 valence electrons. The van der Waals surface area contributed by atoms with Crippen LogP contribution in [-0.2, 0) is 5.75 Å². The third kappa shape index (κ3) is 2.48. The minimum absolute atomic E-state index is 0.185. The minimum atomic E-state index is -0.185. The first-order valence-electron chi connectivity index (χ1n) is 4.50. The molecule has 0 saturated heterocycles. The second-order valence-electron chi connectivity index (χ2n) is 3.03. The second-order valence-corrected chi connectivity index (χ2v) is 3.99. The highest BCUT2D eigenvalue weighted by molar-refractivity contribution is 8.13. The number of rotatable bonds is 2. The molecule has 4 heteroatoms. The molecule has 2 nitrogen and oxygen atoms in total. The number of aliphatic imine (C=N–C) groups is 1. The fourth-order valence-corrected chi connectivity index (χ4v) is 2.09. The molecule has 1 aromatic rings. The third-order valence-electron chi connectivity index (χ3n) is 1.93. The van der Waals surface area contributed by atoms with Gasteiger partial charge in [0.25, 0.3) is 0 Å². The fraction of sp³-hybridized carbons (Fsp3) is 0.300. The van der Waals surface area contributed by atoms with Crippen LogP contribution in [0.3, 0.4) is 0 Å². The van der Waals surface area contributed by atoms with Gasteiger partial charge in [0.2, 0.25) is 0 Å². The Morgan fingerprint density at radius 2 is 2.14 bits per heavy atom. The maximum atomic E-state index is 12.6. The molecule has 0 unspecified atom stereocenters. The van der Waals surface area contributed by atoms with Crippen molar-refractivity contribution >= 4 is 16.9 Å². The first-order valence-corrected chi connectivity index (χ1v) is 5.49. The van der Waals surface area contributed by atoms with E-state index in [-0.39, 0.29) is 5.82 Å². The molecule has 14 heavy (non-hydrogen) atoms. The van der Waals surface area contributed by atoms with Gasteiger partial charge in [-0.3, -0.25) is 4.99 Å². The van der Waals surface area contributed by atoms with Crippen molar-refractivity contribution in [1.29, 1.82) is 0 Å². The van der Waals surface area contributed by atoms with E-state index in [4.69, 9.17) is 0 Å². The lowest BCUT2D eigenvalue weighted by Gasteiger charge is -2.01. The van der Waals surface area contributed by atoms with Gasteiger partial charge in [0, 0.05) is 12.3 Å². The molecule has 0 bridgehead atoms. The maximum Gasteiger partial charge on any atom is 0.157 e. The van der Waals surface area contributed by atoms with Crippen LogP contribution in [0.5, 0.6) is 0 Å². The average Bonchev–Trinajstić information content (AvgIpc) is 2.70. The summed E-state index contributed by atoms with van der Waals surface area (Å²) in [6, 6.07) is 6.58. The van der Waals surface area contributed by atoms with Gasteiger partial charge in [-0.2, -0.15) is 0 Å². The third-order valence-corrected chi connectivity index (χ3v) is 2.96. The summed E-state index contributed by atoms with van der Waals surface area (Å²) in [5.41, 5.74) is 1.12. The number of thioether (sulfide) groups is 1. The SMILES string of the molecule is Fc1ccc(CSC2=NCCN2)cc1. The summed E-state index contributed by atoms with van der Waals surface area (Å²) in [6.07, 6.45) is 0. The molecule has 0 saturated carbocycles. The van der Waals surface area contributed by atoms with Crippen LogP contribution in [0.25, 0.3) is 0 Å². The summed E-state index contributed by atoms with van der Waals surface area (Å²) in [4.78, 5) is 4.26. The Balaban J connectivity index is 1.88.